The second-order valence-corrected chi connectivity index (χ2v) is 9.21. The molecule has 158 valence electrons. The van der Waals surface area contributed by atoms with E-state index >= 15 is 0 Å². The number of likely N-dealkylation sites (tertiary alicyclic amines) is 1. The number of hydrogen-bond donors (Lipinski definition) is 0. The number of amides is 1. The predicted molar refractivity (Wildman–Crippen MR) is 122 cm³/mol. The molecule has 2 aromatic carbocycles. The first-order valence-electron chi connectivity index (χ1n) is 10.5. The summed E-state index contributed by atoms with van der Waals surface area (Å²) in [5.74, 6) is 0.561. The van der Waals surface area contributed by atoms with Gasteiger partial charge in [-0.25, -0.2) is 4.57 Å². The van der Waals surface area contributed by atoms with Gasteiger partial charge in [0.05, 0.1) is 21.8 Å². The van der Waals surface area contributed by atoms with E-state index in [1.165, 1.54) is 11.8 Å². The summed E-state index contributed by atoms with van der Waals surface area (Å²) in [5.41, 5.74) is 2.44. The van der Waals surface area contributed by atoms with Crippen LogP contribution in [-0.2, 0) is 4.79 Å². The minimum Gasteiger partial charge on any atom is -0.342 e. The monoisotopic (exact) mass is 433 g/mol. The van der Waals surface area contributed by atoms with Gasteiger partial charge >= 0.3 is 0 Å². The third kappa shape index (κ3) is 3.40. The highest BCUT2D eigenvalue weighted by atomic mass is 32.2. The number of carbonyl (C=O) groups is 1. The molecule has 3 heterocycles. The van der Waals surface area contributed by atoms with E-state index in [2.05, 4.69) is 10.2 Å². The zero-order chi connectivity index (χ0) is 21.5. The second kappa shape index (κ2) is 7.85. The fourth-order valence-corrected chi connectivity index (χ4v) is 5.02. The summed E-state index contributed by atoms with van der Waals surface area (Å²) in [6.45, 7) is 5.55. The third-order valence-corrected chi connectivity index (χ3v) is 6.76. The highest BCUT2D eigenvalue weighted by Gasteiger charge is 2.26. The summed E-state index contributed by atoms with van der Waals surface area (Å²) < 4.78 is 3.47. The SMILES string of the molecule is Cc1ccc(-n2c(=O)c3ccccc3n3c(SC(C)C(=O)N4CCCC4)nnc23)cc1. The number of thioether (sulfide) groups is 1. The van der Waals surface area contributed by atoms with Crippen LogP contribution in [0.15, 0.2) is 58.5 Å². The summed E-state index contributed by atoms with van der Waals surface area (Å²) in [6, 6.07) is 15.2. The second-order valence-electron chi connectivity index (χ2n) is 7.90. The molecule has 4 aromatic rings. The zero-order valence-corrected chi connectivity index (χ0v) is 18.3. The summed E-state index contributed by atoms with van der Waals surface area (Å²) in [7, 11) is 0. The lowest BCUT2D eigenvalue weighted by atomic mass is 10.2. The van der Waals surface area contributed by atoms with E-state index in [-0.39, 0.29) is 16.7 Å². The van der Waals surface area contributed by atoms with Crippen molar-refractivity contribution < 1.29 is 4.79 Å². The Kier molecular flexibility index (Phi) is 5.02. The van der Waals surface area contributed by atoms with Crippen molar-refractivity contribution in [3.8, 4) is 5.69 Å². The molecule has 1 atom stereocenters. The molecule has 0 aliphatic carbocycles. The molecule has 1 amide bonds. The first-order valence-corrected chi connectivity index (χ1v) is 11.3. The topological polar surface area (TPSA) is 72.5 Å². The van der Waals surface area contributed by atoms with Crippen LogP contribution >= 0.6 is 11.8 Å². The van der Waals surface area contributed by atoms with E-state index in [0.29, 0.717) is 16.3 Å². The van der Waals surface area contributed by atoms with Crippen LogP contribution in [0.5, 0.6) is 0 Å². The Morgan fingerprint density at radius 3 is 2.48 bits per heavy atom. The minimum atomic E-state index is -0.288. The van der Waals surface area contributed by atoms with E-state index < -0.39 is 0 Å². The average molecular weight is 434 g/mol. The maximum Gasteiger partial charge on any atom is 0.267 e. The van der Waals surface area contributed by atoms with Crippen molar-refractivity contribution in [3.05, 3.63) is 64.4 Å². The van der Waals surface area contributed by atoms with E-state index in [1.807, 2.05) is 71.7 Å². The van der Waals surface area contributed by atoms with Gasteiger partial charge < -0.3 is 4.90 Å². The van der Waals surface area contributed by atoms with Gasteiger partial charge in [0.15, 0.2) is 5.16 Å². The first-order chi connectivity index (χ1) is 15.0. The minimum absolute atomic E-state index is 0.121. The van der Waals surface area contributed by atoms with Crippen LogP contribution in [0.4, 0.5) is 0 Å². The number of para-hydroxylation sites is 1. The van der Waals surface area contributed by atoms with Crippen molar-refractivity contribution in [2.75, 3.05) is 13.1 Å². The molecule has 0 saturated carbocycles. The molecule has 1 saturated heterocycles. The smallest absolute Gasteiger partial charge is 0.267 e. The lowest BCUT2D eigenvalue weighted by molar-refractivity contribution is -0.129. The lowest BCUT2D eigenvalue weighted by Crippen LogP contribution is -2.34. The Hall–Kier alpha value is -3.13. The maximum atomic E-state index is 13.4. The van der Waals surface area contributed by atoms with Gasteiger partial charge in [-0.05, 0) is 51.0 Å². The fourth-order valence-electron chi connectivity index (χ4n) is 4.08. The van der Waals surface area contributed by atoms with Crippen molar-refractivity contribution >= 4 is 34.3 Å². The van der Waals surface area contributed by atoms with Crippen LogP contribution in [-0.4, -0.2) is 48.3 Å². The molecule has 1 fully saturated rings. The van der Waals surface area contributed by atoms with E-state index in [4.69, 9.17) is 0 Å². The molecule has 0 N–H and O–H groups in total. The lowest BCUT2D eigenvalue weighted by Gasteiger charge is -2.19. The van der Waals surface area contributed by atoms with Gasteiger partial charge in [0.25, 0.3) is 5.56 Å². The van der Waals surface area contributed by atoms with Gasteiger partial charge in [0, 0.05) is 13.1 Å². The first kappa shape index (κ1) is 19.8. The van der Waals surface area contributed by atoms with Gasteiger partial charge in [0.2, 0.25) is 11.7 Å². The van der Waals surface area contributed by atoms with E-state index in [9.17, 15) is 9.59 Å². The molecule has 1 aliphatic heterocycles. The number of rotatable bonds is 4. The summed E-state index contributed by atoms with van der Waals surface area (Å²) in [6.07, 6.45) is 2.12. The number of nitrogens with zero attached hydrogens (tertiary/aromatic N) is 5. The Morgan fingerprint density at radius 1 is 1.03 bits per heavy atom. The number of carbonyl (C=O) groups excluding carboxylic acids is 1. The van der Waals surface area contributed by atoms with Crippen LogP contribution in [0.1, 0.15) is 25.3 Å². The van der Waals surface area contributed by atoms with Gasteiger partial charge in [0.1, 0.15) is 0 Å². The van der Waals surface area contributed by atoms with Crippen LogP contribution in [0.3, 0.4) is 0 Å². The van der Waals surface area contributed by atoms with Crippen LogP contribution in [0, 0.1) is 6.92 Å². The molecule has 2 aromatic heterocycles. The van der Waals surface area contributed by atoms with E-state index in [0.717, 1.165) is 42.7 Å². The fraction of sp³-hybridized carbons (Fsp3) is 0.304. The molecule has 7 nitrogen and oxygen atoms in total. The molecule has 5 rings (SSSR count). The van der Waals surface area contributed by atoms with Crippen molar-refractivity contribution in [2.24, 2.45) is 0 Å². The van der Waals surface area contributed by atoms with E-state index in [1.54, 1.807) is 4.57 Å². The van der Waals surface area contributed by atoms with Crippen LogP contribution in [0.25, 0.3) is 22.4 Å². The molecule has 0 spiro atoms. The number of hydrogen-bond acceptors (Lipinski definition) is 5. The summed E-state index contributed by atoms with van der Waals surface area (Å²) in [4.78, 5) is 28.1. The number of aryl methyl sites for hydroxylation is 1. The van der Waals surface area contributed by atoms with Crippen molar-refractivity contribution in [3.63, 3.8) is 0 Å². The van der Waals surface area contributed by atoms with Gasteiger partial charge in [-0.3, -0.25) is 14.0 Å². The molecule has 1 aliphatic rings. The van der Waals surface area contributed by atoms with Gasteiger partial charge in [-0.15, -0.1) is 10.2 Å². The number of aromatic nitrogens is 4. The van der Waals surface area contributed by atoms with Crippen molar-refractivity contribution in [1.82, 2.24) is 24.1 Å². The Bertz CT molecular complexity index is 1340. The quantitative estimate of drug-likeness (QED) is 0.461. The Morgan fingerprint density at radius 2 is 1.74 bits per heavy atom. The zero-order valence-electron chi connectivity index (χ0n) is 17.5. The largest absolute Gasteiger partial charge is 0.342 e. The van der Waals surface area contributed by atoms with Gasteiger partial charge in [-0.1, -0.05) is 41.6 Å². The normalized spacial score (nSPS) is 15.1. The van der Waals surface area contributed by atoms with Gasteiger partial charge in [-0.2, -0.15) is 0 Å². The molecule has 0 radical (unpaired) electrons. The van der Waals surface area contributed by atoms with Crippen molar-refractivity contribution in [2.45, 2.75) is 37.1 Å². The number of benzene rings is 2. The summed E-state index contributed by atoms with van der Waals surface area (Å²) in [5, 5.41) is 9.65. The molecule has 31 heavy (non-hydrogen) atoms. The Labute approximate surface area is 183 Å². The molecule has 8 heteroatoms. The van der Waals surface area contributed by atoms with Crippen LogP contribution < -0.4 is 5.56 Å². The third-order valence-electron chi connectivity index (χ3n) is 5.73. The molecular weight excluding hydrogens is 410 g/mol. The number of fused-ring (bicyclic) bond motifs is 3. The molecule has 1 unspecified atom stereocenters. The van der Waals surface area contributed by atoms with Crippen LogP contribution in [0.2, 0.25) is 0 Å². The molecule has 0 bridgehead atoms. The average Bonchev–Trinajstić information content (AvgIpc) is 3.45. The Balaban J connectivity index is 1.67. The highest BCUT2D eigenvalue weighted by molar-refractivity contribution is 8.00. The maximum absolute atomic E-state index is 13.4. The predicted octanol–water partition coefficient (Wildman–Crippen LogP) is 3.44. The highest BCUT2D eigenvalue weighted by Crippen LogP contribution is 2.27. The van der Waals surface area contributed by atoms with Crippen molar-refractivity contribution in [1.29, 1.82) is 0 Å². The standard InChI is InChI=1S/C23H23N5O2S/c1-15-9-11-17(12-10-15)27-21(30)18-7-3-4-8-19(18)28-22(27)24-25-23(28)31-16(2)20(29)26-13-5-6-14-26/h3-4,7-12,16H,5-6,13-14H2,1-2H3. The summed E-state index contributed by atoms with van der Waals surface area (Å²) >= 11 is 1.38. The molecular formula is C23H23N5O2S.